The van der Waals surface area contributed by atoms with Gasteiger partial charge in [-0.25, -0.2) is 0 Å². The zero-order chi connectivity index (χ0) is 11.8. The molecule has 86 valence electrons. The van der Waals surface area contributed by atoms with Gasteiger partial charge in [-0.05, 0) is 37.8 Å². The normalized spacial score (nSPS) is 22.6. The zero-order valence-corrected chi connectivity index (χ0v) is 9.73. The molecule has 1 N–H and O–H groups in total. The molecule has 1 aliphatic carbocycles. The van der Waals surface area contributed by atoms with Crippen LogP contribution >= 0.6 is 0 Å². The largest absolute Gasteiger partial charge is 0.382 e. The van der Waals surface area contributed by atoms with Crippen molar-refractivity contribution in [2.75, 3.05) is 0 Å². The highest BCUT2D eigenvalue weighted by molar-refractivity contribution is 5.93. The molecule has 0 spiro atoms. The van der Waals surface area contributed by atoms with Gasteiger partial charge in [0, 0.05) is 6.20 Å². The Morgan fingerprint density at radius 1 is 1.69 bits per heavy atom. The molecule has 0 aliphatic heterocycles. The predicted molar refractivity (Wildman–Crippen MR) is 61.2 cm³/mol. The van der Waals surface area contributed by atoms with Gasteiger partial charge in [0.05, 0.1) is 11.6 Å². The first kappa shape index (κ1) is 11.3. The van der Waals surface area contributed by atoms with Gasteiger partial charge in [-0.2, -0.15) is 0 Å². The van der Waals surface area contributed by atoms with Crippen molar-refractivity contribution in [2.45, 2.75) is 44.6 Å². The minimum atomic E-state index is -1.22. The van der Waals surface area contributed by atoms with Crippen LogP contribution in [0.3, 0.4) is 0 Å². The maximum absolute atomic E-state index is 12.2. The number of rotatable bonds is 3. The fourth-order valence-electron chi connectivity index (χ4n) is 2.22. The fraction of sp³-hybridized carbons (Fsp3) is 0.538. The van der Waals surface area contributed by atoms with Crippen LogP contribution in [0.5, 0.6) is 0 Å². The van der Waals surface area contributed by atoms with Crippen molar-refractivity contribution in [2.24, 2.45) is 0 Å². The van der Waals surface area contributed by atoms with Crippen LogP contribution in [0.15, 0.2) is 18.3 Å². The molecule has 1 heterocycles. The van der Waals surface area contributed by atoms with Crippen LogP contribution in [-0.4, -0.2) is 21.5 Å². The molecule has 0 bridgehead atoms. The van der Waals surface area contributed by atoms with Gasteiger partial charge in [-0.3, -0.25) is 9.78 Å². The minimum absolute atomic E-state index is 0.0903. The van der Waals surface area contributed by atoms with E-state index in [1.165, 1.54) is 0 Å². The summed E-state index contributed by atoms with van der Waals surface area (Å²) < 4.78 is 0. The summed E-state index contributed by atoms with van der Waals surface area (Å²) in [6, 6.07) is 3.90. The van der Waals surface area contributed by atoms with E-state index in [0.717, 1.165) is 24.1 Å². The molecule has 16 heavy (non-hydrogen) atoms. The topological polar surface area (TPSA) is 50.2 Å². The Bertz CT molecular complexity index is 412. The second-order valence-corrected chi connectivity index (χ2v) is 4.63. The van der Waals surface area contributed by atoms with Crippen molar-refractivity contribution in [1.82, 2.24) is 4.98 Å². The van der Waals surface area contributed by atoms with Crippen molar-refractivity contribution in [3.05, 3.63) is 29.6 Å². The Morgan fingerprint density at radius 3 is 3.12 bits per heavy atom. The molecule has 1 aromatic heterocycles. The summed E-state index contributed by atoms with van der Waals surface area (Å²) in [6.45, 7) is 3.42. The number of nitrogens with zero attached hydrogens (tertiary/aromatic N) is 1. The van der Waals surface area contributed by atoms with Crippen LogP contribution in [0.25, 0.3) is 0 Å². The molecule has 0 radical (unpaired) electrons. The maximum atomic E-state index is 12.2. The third kappa shape index (κ3) is 1.76. The SMILES string of the molecule is CCC(C)(O)C(=O)C1CCc2cccnc21. The Labute approximate surface area is 95.5 Å². The highest BCUT2D eigenvalue weighted by Gasteiger charge is 2.38. The van der Waals surface area contributed by atoms with E-state index < -0.39 is 5.60 Å². The molecule has 3 heteroatoms. The highest BCUT2D eigenvalue weighted by atomic mass is 16.3. The summed E-state index contributed by atoms with van der Waals surface area (Å²) in [4.78, 5) is 16.4. The lowest BCUT2D eigenvalue weighted by Gasteiger charge is -2.23. The molecule has 3 nitrogen and oxygen atoms in total. The number of hydrogen-bond acceptors (Lipinski definition) is 3. The molecule has 1 aromatic rings. The van der Waals surface area contributed by atoms with Gasteiger partial charge in [0.1, 0.15) is 5.60 Å². The summed E-state index contributed by atoms with van der Waals surface area (Å²) in [5.41, 5.74) is 0.790. The summed E-state index contributed by atoms with van der Waals surface area (Å²) in [5, 5.41) is 10.0. The number of ketones is 1. The minimum Gasteiger partial charge on any atom is -0.382 e. The van der Waals surface area contributed by atoms with Gasteiger partial charge in [0.25, 0.3) is 0 Å². The van der Waals surface area contributed by atoms with E-state index in [-0.39, 0.29) is 11.7 Å². The molecular weight excluding hydrogens is 202 g/mol. The van der Waals surface area contributed by atoms with Gasteiger partial charge in [-0.15, -0.1) is 0 Å². The van der Waals surface area contributed by atoms with Gasteiger partial charge < -0.3 is 5.11 Å². The van der Waals surface area contributed by atoms with Crippen molar-refractivity contribution in [3.63, 3.8) is 0 Å². The summed E-state index contributed by atoms with van der Waals surface area (Å²) >= 11 is 0. The second-order valence-electron chi connectivity index (χ2n) is 4.63. The lowest BCUT2D eigenvalue weighted by molar-refractivity contribution is -0.137. The summed E-state index contributed by atoms with van der Waals surface area (Å²) in [6.07, 6.45) is 3.83. The van der Waals surface area contributed by atoms with Gasteiger partial charge in [-0.1, -0.05) is 13.0 Å². The molecule has 1 aliphatic rings. The molecule has 0 fully saturated rings. The van der Waals surface area contributed by atoms with Gasteiger partial charge in [0.2, 0.25) is 0 Å². The Hall–Kier alpha value is -1.22. The molecule has 0 saturated heterocycles. The highest BCUT2D eigenvalue weighted by Crippen LogP contribution is 2.35. The van der Waals surface area contributed by atoms with Crippen LogP contribution in [-0.2, 0) is 11.2 Å². The fourth-order valence-corrected chi connectivity index (χ4v) is 2.22. The number of carbonyl (C=O) groups is 1. The first-order valence-corrected chi connectivity index (χ1v) is 5.76. The van der Waals surface area contributed by atoms with Crippen molar-refractivity contribution < 1.29 is 9.90 Å². The van der Waals surface area contributed by atoms with Crippen LogP contribution in [0.1, 0.15) is 43.9 Å². The van der Waals surface area contributed by atoms with Gasteiger partial charge >= 0.3 is 0 Å². The standard InChI is InChI=1S/C13H17NO2/c1-3-13(2,16)12(15)10-7-6-9-5-4-8-14-11(9)10/h4-5,8,10,16H,3,6-7H2,1-2H3. The number of aliphatic hydroxyl groups is 1. The molecule has 0 saturated carbocycles. The molecule has 2 unspecified atom stereocenters. The Balaban J connectivity index is 2.29. The summed E-state index contributed by atoms with van der Waals surface area (Å²) in [5.74, 6) is -0.307. The smallest absolute Gasteiger partial charge is 0.173 e. The third-order valence-electron chi connectivity index (χ3n) is 3.49. The average molecular weight is 219 g/mol. The van der Waals surface area contributed by atoms with Crippen LogP contribution in [0.4, 0.5) is 0 Å². The van der Waals surface area contributed by atoms with E-state index >= 15 is 0 Å². The number of Topliss-reactive ketones (excluding diaryl/α,β-unsaturated/α-hetero) is 1. The van der Waals surface area contributed by atoms with Crippen LogP contribution in [0.2, 0.25) is 0 Å². The van der Waals surface area contributed by atoms with Crippen LogP contribution in [0, 0.1) is 0 Å². The lowest BCUT2D eigenvalue weighted by atomic mass is 9.87. The van der Waals surface area contributed by atoms with Gasteiger partial charge in [0.15, 0.2) is 5.78 Å². The van der Waals surface area contributed by atoms with E-state index in [2.05, 4.69) is 4.98 Å². The van der Waals surface area contributed by atoms with E-state index in [4.69, 9.17) is 0 Å². The van der Waals surface area contributed by atoms with E-state index in [9.17, 15) is 9.90 Å². The number of aromatic nitrogens is 1. The average Bonchev–Trinajstić information content (AvgIpc) is 2.71. The van der Waals surface area contributed by atoms with E-state index in [1.54, 1.807) is 13.1 Å². The van der Waals surface area contributed by atoms with Crippen molar-refractivity contribution in [3.8, 4) is 0 Å². The number of pyridine rings is 1. The monoisotopic (exact) mass is 219 g/mol. The molecular formula is C13H17NO2. The van der Waals surface area contributed by atoms with Crippen molar-refractivity contribution >= 4 is 5.78 Å². The maximum Gasteiger partial charge on any atom is 0.173 e. The number of fused-ring (bicyclic) bond motifs is 1. The Kier molecular flexibility index (Phi) is 2.80. The van der Waals surface area contributed by atoms with Crippen LogP contribution < -0.4 is 0 Å². The zero-order valence-electron chi connectivity index (χ0n) is 9.73. The molecule has 2 atom stereocenters. The second kappa shape index (κ2) is 3.98. The molecule has 0 aromatic carbocycles. The predicted octanol–water partition coefficient (Wildman–Crippen LogP) is 1.84. The number of carbonyl (C=O) groups excluding carboxylic acids is 1. The number of hydrogen-bond donors (Lipinski definition) is 1. The van der Waals surface area contributed by atoms with E-state index in [0.29, 0.717) is 6.42 Å². The first-order valence-electron chi connectivity index (χ1n) is 5.76. The van der Waals surface area contributed by atoms with Crippen molar-refractivity contribution in [1.29, 1.82) is 0 Å². The first-order chi connectivity index (χ1) is 7.56. The lowest BCUT2D eigenvalue weighted by Crippen LogP contribution is -2.37. The quantitative estimate of drug-likeness (QED) is 0.844. The number of aryl methyl sites for hydroxylation is 1. The molecule has 0 amide bonds. The third-order valence-corrected chi connectivity index (χ3v) is 3.49. The molecule has 2 rings (SSSR count). The van der Waals surface area contributed by atoms with E-state index in [1.807, 2.05) is 19.1 Å². The Morgan fingerprint density at radius 2 is 2.44 bits per heavy atom. The summed E-state index contributed by atoms with van der Waals surface area (Å²) in [7, 11) is 0.